The van der Waals surface area contributed by atoms with Crippen molar-refractivity contribution in [2.24, 2.45) is 5.73 Å². The molecular weight excluding hydrogens is 298 g/mol. The van der Waals surface area contributed by atoms with E-state index in [0.29, 0.717) is 12.5 Å². The molecule has 0 radical (unpaired) electrons. The molecule has 2 aromatic rings. The smallest absolute Gasteiger partial charge is 0.142 e. The largest absolute Gasteiger partial charge is 0.326 e. The Labute approximate surface area is 112 Å². The minimum absolute atomic E-state index is 0.583. The molecule has 0 amide bonds. The minimum Gasteiger partial charge on any atom is -0.326 e. The molecule has 0 aromatic carbocycles. The molecule has 0 aliphatic heterocycles. The lowest BCUT2D eigenvalue weighted by molar-refractivity contribution is 0.978. The third-order valence-electron chi connectivity index (χ3n) is 2.82. The predicted molar refractivity (Wildman–Crippen MR) is 72.9 cm³/mol. The molecule has 2 heterocycles. The molecule has 2 aromatic heterocycles. The highest BCUT2D eigenvalue weighted by atomic mass is 79.9. The summed E-state index contributed by atoms with van der Waals surface area (Å²) in [5, 5.41) is 0.986. The summed E-state index contributed by atoms with van der Waals surface area (Å²) in [4.78, 5) is 10.3. The van der Waals surface area contributed by atoms with Crippen molar-refractivity contribution in [1.29, 1.82) is 0 Å². The zero-order valence-electron chi connectivity index (χ0n) is 9.19. The molecule has 2 N–H and O–H groups in total. The highest BCUT2D eigenvalue weighted by Gasteiger charge is 2.29. The summed E-state index contributed by atoms with van der Waals surface area (Å²) in [5.41, 5.74) is 7.91. The van der Waals surface area contributed by atoms with E-state index in [1.54, 1.807) is 17.5 Å². The van der Waals surface area contributed by atoms with Crippen LogP contribution in [0.5, 0.6) is 0 Å². The summed E-state index contributed by atoms with van der Waals surface area (Å²) in [6.07, 6.45) is 4.31. The fourth-order valence-electron chi connectivity index (χ4n) is 1.80. The fourth-order valence-corrected chi connectivity index (χ4v) is 3.03. The summed E-state index contributed by atoms with van der Waals surface area (Å²) in [6, 6.07) is 3.97. The van der Waals surface area contributed by atoms with Crippen LogP contribution in [0.1, 0.15) is 29.3 Å². The average Bonchev–Trinajstić information content (AvgIpc) is 3.10. The quantitative estimate of drug-likeness (QED) is 0.946. The number of aromatic nitrogens is 2. The van der Waals surface area contributed by atoms with Gasteiger partial charge in [-0.25, -0.2) is 4.98 Å². The molecule has 17 heavy (non-hydrogen) atoms. The summed E-state index contributed by atoms with van der Waals surface area (Å²) in [5.74, 6) is 0.647. The number of hydrogen-bond donors (Lipinski definition) is 1. The van der Waals surface area contributed by atoms with Gasteiger partial charge in [-0.15, -0.1) is 11.3 Å². The lowest BCUT2D eigenvalue weighted by Crippen LogP contribution is -1.96. The second kappa shape index (κ2) is 4.48. The lowest BCUT2D eigenvalue weighted by Gasteiger charge is -1.94. The molecular formula is C12H12BrN3S. The van der Waals surface area contributed by atoms with Crippen molar-refractivity contribution in [3.63, 3.8) is 0 Å². The van der Waals surface area contributed by atoms with Crippen molar-refractivity contribution >= 4 is 27.3 Å². The maximum Gasteiger partial charge on any atom is 0.142 e. The van der Waals surface area contributed by atoms with Gasteiger partial charge in [-0.05, 0) is 40.9 Å². The Bertz CT molecular complexity index is 531. The Hall–Kier alpha value is -0.780. The maximum atomic E-state index is 5.77. The van der Waals surface area contributed by atoms with E-state index in [9.17, 15) is 0 Å². The minimum atomic E-state index is 0.583. The molecule has 0 spiro atoms. The molecule has 0 atom stereocenters. The molecule has 3 rings (SSSR count). The van der Waals surface area contributed by atoms with Crippen molar-refractivity contribution in [2.45, 2.75) is 25.3 Å². The van der Waals surface area contributed by atoms with Gasteiger partial charge in [0.2, 0.25) is 0 Å². The van der Waals surface area contributed by atoms with Gasteiger partial charge in [-0.2, -0.15) is 0 Å². The number of nitrogens with zero attached hydrogens (tertiary/aromatic N) is 2. The first-order valence-electron chi connectivity index (χ1n) is 5.59. The van der Waals surface area contributed by atoms with Crippen LogP contribution in [0.2, 0.25) is 0 Å². The molecule has 1 saturated carbocycles. The third kappa shape index (κ3) is 2.27. The predicted octanol–water partition coefficient (Wildman–Crippen LogP) is 3.30. The molecule has 88 valence electrons. The van der Waals surface area contributed by atoms with E-state index in [4.69, 9.17) is 10.7 Å². The van der Waals surface area contributed by atoms with E-state index >= 15 is 0 Å². The van der Waals surface area contributed by atoms with Crippen LogP contribution < -0.4 is 5.73 Å². The molecule has 0 unspecified atom stereocenters. The van der Waals surface area contributed by atoms with Gasteiger partial charge in [-0.3, -0.25) is 4.98 Å². The third-order valence-corrected chi connectivity index (χ3v) is 4.41. The Morgan fingerprint density at radius 3 is 2.82 bits per heavy atom. The van der Waals surface area contributed by atoms with Gasteiger partial charge in [0.05, 0.1) is 11.4 Å². The van der Waals surface area contributed by atoms with Crippen LogP contribution in [0.4, 0.5) is 0 Å². The van der Waals surface area contributed by atoms with E-state index < -0.39 is 0 Å². The van der Waals surface area contributed by atoms with E-state index in [1.807, 2.05) is 12.1 Å². The topological polar surface area (TPSA) is 51.8 Å². The molecule has 0 saturated heterocycles. The van der Waals surface area contributed by atoms with Crippen molar-refractivity contribution in [2.75, 3.05) is 0 Å². The highest BCUT2D eigenvalue weighted by molar-refractivity contribution is 9.10. The summed E-state index contributed by atoms with van der Waals surface area (Å²) >= 11 is 5.06. The Morgan fingerprint density at radius 1 is 1.41 bits per heavy atom. The maximum absolute atomic E-state index is 5.77. The fraction of sp³-hybridized carbons (Fsp3) is 0.333. The standard InChI is InChI=1S/C12H12BrN3S/c13-8-3-4-9(15-6-8)12-16-11(7-1-2-7)10(5-14)17-12/h3-4,6-7H,1-2,5,14H2. The first-order valence-corrected chi connectivity index (χ1v) is 7.20. The molecule has 5 heteroatoms. The van der Waals surface area contributed by atoms with Crippen molar-refractivity contribution in [3.8, 4) is 10.7 Å². The molecule has 1 aliphatic rings. The summed E-state index contributed by atoms with van der Waals surface area (Å²) in [7, 11) is 0. The van der Waals surface area contributed by atoms with Crippen molar-refractivity contribution in [3.05, 3.63) is 33.4 Å². The normalized spacial score (nSPS) is 15.2. The van der Waals surface area contributed by atoms with Crippen molar-refractivity contribution in [1.82, 2.24) is 9.97 Å². The van der Waals surface area contributed by atoms with Gasteiger partial charge in [0.15, 0.2) is 0 Å². The zero-order chi connectivity index (χ0) is 11.8. The van der Waals surface area contributed by atoms with Gasteiger partial charge in [0, 0.05) is 28.0 Å². The number of rotatable bonds is 3. The van der Waals surface area contributed by atoms with Crippen LogP contribution in [0.3, 0.4) is 0 Å². The van der Waals surface area contributed by atoms with Crippen LogP contribution in [0.25, 0.3) is 10.7 Å². The number of hydrogen-bond acceptors (Lipinski definition) is 4. The SMILES string of the molecule is NCc1sc(-c2ccc(Br)cn2)nc1C1CC1. The number of nitrogens with two attached hydrogens (primary N) is 1. The highest BCUT2D eigenvalue weighted by Crippen LogP contribution is 2.43. The lowest BCUT2D eigenvalue weighted by atomic mass is 10.2. The monoisotopic (exact) mass is 309 g/mol. The second-order valence-corrected chi connectivity index (χ2v) is 6.17. The molecule has 1 aliphatic carbocycles. The van der Waals surface area contributed by atoms with Crippen LogP contribution in [0, 0.1) is 0 Å². The van der Waals surface area contributed by atoms with Crippen LogP contribution in [-0.2, 0) is 6.54 Å². The van der Waals surface area contributed by atoms with E-state index in [2.05, 4.69) is 20.9 Å². The first kappa shape index (κ1) is 11.3. The Balaban J connectivity index is 2.00. The molecule has 1 fully saturated rings. The van der Waals surface area contributed by atoms with Crippen LogP contribution in [-0.4, -0.2) is 9.97 Å². The molecule has 0 bridgehead atoms. The van der Waals surface area contributed by atoms with Gasteiger partial charge in [-0.1, -0.05) is 0 Å². The van der Waals surface area contributed by atoms with Gasteiger partial charge < -0.3 is 5.73 Å². The van der Waals surface area contributed by atoms with Gasteiger partial charge in [0.1, 0.15) is 5.01 Å². The Kier molecular flexibility index (Phi) is 2.98. The summed E-state index contributed by atoms with van der Waals surface area (Å²) < 4.78 is 0.985. The second-order valence-electron chi connectivity index (χ2n) is 4.17. The van der Waals surface area contributed by atoms with Gasteiger partial charge >= 0.3 is 0 Å². The summed E-state index contributed by atoms with van der Waals surface area (Å²) in [6.45, 7) is 0.583. The van der Waals surface area contributed by atoms with Crippen LogP contribution in [0.15, 0.2) is 22.8 Å². The van der Waals surface area contributed by atoms with Crippen molar-refractivity contribution < 1.29 is 0 Å². The van der Waals surface area contributed by atoms with Crippen LogP contribution >= 0.6 is 27.3 Å². The zero-order valence-corrected chi connectivity index (χ0v) is 11.6. The Morgan fingerprint density at radius 2 is 2.24 bits per heavy atom. The number of thiazole rings is 1. The van der Waals surface area contributed by atoms with E-state index in [0.717, 1.165) is 15.2 Å². The first-order chi connectivity index (χ1) is 8.28. The number of pyridine rings is 1. The molecule has 3 nitrogen and oxygen atoms in total. The van der Waals surface area contributed by atoms with E-state index in [-0.39, 0.29) is 0 Å². The average molecular weight is 310 g/mol. The number of halogens is 1. The van der Waals surface area contributed by atoms with Gasteiger partial charge in [0.25, 0.3) is 0 Å². The van der Waals surface area contributed by atoms with E-state index in [1.165, 1.54) is 23.4 Å².